The van der Waals surface area contributed by atoms with Crippen LogP contribution < -0.4 is 0 Å². The van der Waals surface area contributed by atoms with Crippen LogP contribution in [0.5, 0.6) is 0 Å². The van der Waals surface area contributed by atoms with Crippen molar-refractivity contribution < 1.29 is 0 Å². The highest BCUT2D eigenvalue weighted by Crippen LogP contribution is 2.46. The lowest BCUT2D eigenvalue weighted by Crippen LogP contribution is -2.10. The van der Waals surface area contributed by atoms with E-state index in [4.69, 9.17) is 9.97 Å². The molecule has 0 saturated carbocycles. The van der Waals surface area contributed by atoms with Gasteiger partial charge in [-0.05, 0) is 127 Å². The van der Waals surface area contributed by atoms with Crippen molar-refractivity contribution in [1.82, 2.24) is 14.5 Å². The highest BCUT2D eigenvalue weighted by atomic mass is 15.0. The van der Waals surface area contributed by atoms with Gasteiger partial charge in [0.05, 0.1) is 28.1 Å². The van der Waals surface area contributed by atoms with Gasteiger partial charge in [-0.2, -0.15) is 0 Å². The maximum absolute atomic E-state index is 5.57. The molecule has 362 valence electrons. The highest BCUT2D eigenvalue weighted by Gasteiger charge is 2.26. The van der Waals surface area contributed by atoms with E-state index in [0.717, 1.165) is 83.8 Å². The number of fused-ring (bicyclic) bond motifs is 3. The Kier molecular flexibility index (Phi) is 12.0. The van der Waals surface area contributed by atoms with Crippen molar-refractivity contribution in [3.63, 3.8) is 0 Å². The van der Waals surface area contributed by atoms with E-state index in [1.807, 2.05) is 0 Å². The maximum atomic E-state index is 5.57. The van der Waals surface area contributed by atoms with Gasteiger partial charge in [0, 0.05) is 38.6 Å². The summed E-state index contributed by atoms with van der Waals surface area (Å²) in [5, 5.41) is 2.50. The molecule has 2 heterocycles. The third-order valence-corrected chi connectivity index (χ3v) is 14.7. The van der Waals surface area contributed by atoms with Gasteiger partial charge in [0.1, 0.15) is 0 Å². The zero-order valence-corrected chi connectivity index (χ0v) is 43.5. The number of hydrogen-bond donors (Lipinski definition) is 0. The first kappa shape index (κ1) is 47.1. The van der Waals surface area contributed by atoms with Crippen LogP contribution in [0.4, 0.5) is 0 Å². The Balaban J connectivity index is 1.15. The molecule has 0 spiro atoms. The molecule has 12 rings (SSSR count). The maximum Gasteiger partial charge on any atom is 0.160 e. The summed E-state index contributed by atoms with van der Waals surface area (Å²) in [6.07, 6.45) is 0. The van der Waals surface area contributed by atoms with Crippen LogP contribution >= 0.6 is 0 Å². The Morgan fingerprint density at radius 1 is 0.280 bits per heavy atom. The standard InChI is InChI=1S/C72H59N3/c1-71(2,3)59-36-38-67-63(45-59)64-46-60(72(4,5)6)37-39-68(64)75(67)69-61(52-28-18-10-19-29-52)43-58(44-62(69)53-30-20-11-21-31-53)66-47-65(73-70(74-66)54-34-32-51(33-35-54)48-22-12-7-13-23-48)57-41-55(49-24-14-8-15-25-49)40-56(42-57)50-26-16-9-17-27-50/h7-47H,1-6H3. The molecule has 0 unspecified atom stereocenters. The second-order valence-corrected chi connectivity index (χ2v) is 21.9. The quantitative estimate of drug-likeness (QED) is 0.144. The topological polar surface area (TPSA) is 30.7 Å². The molecule has 0 radical (unpaired) electrons. The molecule has 2 aromatic heterocycles. The molecule has 3 nitrogen and oxygen atoms in total. The molecule has 10 aromatic carbocycles. The minimum absolute atomic E-state index is 0.0263. The fourth-order valence-corrected chi connectivity index (χ4v) is 10.6. The Morgan fingerprint density at radius 3 is 1.01 bits per heavy atom. The van der Waals surface area contributed by atoms with Crippen molar-refractivity contribution in [2.24, 2.45) is 0 Å². The van der Waals surface area contributed by atoms with Crippen molar-refractivity contribution in [2.75, 3.05) is 0 Å². The van der Waals surface area contributed by atoms with E-state index >= 15 is 0 Å². The molecule has 75 heavy (non-hydrogen) atoms. The molecular formula is C72H59N3. The lowest BCUT2D eigenvalue weighted by molar-refractivity contribution is 0.590. The van der Waals surface area contributed by atoms with Gasteiger partial charge in [-0.3, -0.25) is 0 Å². The van der Waals surface area contributed by atoms with Gasteiger partial charge in [-0.1, -0.05) is 230 Å². The molecule has 12 aromatic rings. The predicted octanol–water partition coefficient (Wildman–Crippen LogP) is 19.5. The Labute approximate surface area is 441 Å². The minimum Gasteiger partial charge on any atom is -0.308 e. The molecule has 0 N–H and O–H groups in total. The summed E-state index contributed by atoms with van der Waals surface area (Å²) in [4.78, 5) is 11.1. The van der Waals surface area contributed by atoms with Crippen LogP contribution in [0.1, 0.15) is 52.7 Å². The summed E-state index contributed by atoms with van der Waals surface area (Å²) in [6.45, 7) is 13.8. The zero-order chi connectivity index (χ0) is 51.3. The molecular weight excluding hydrogens is 907 g/mol. The Bertz CT molecular complexity index is 3820. The predicted molar refractivity (Wildman–Crippen MR) is 317 cm³/mol. The highest BCUT2D eigenvalue weighted by molar-refractivity contribution is 6.11. The summed E-state index contributed by atoms with van der Waals surface area (Å²) in [7, 11) is 0. The largest absolute Gasteiger partial charge is 0.308 e. The van der Waals surface area contributed by atoms with Crippen LogP contribution in [0.15, 0.2) is 249 Å². The van der Waals surface area contributed by atoms with Gasteiger partial charge >= 0.3 is 0 Å². The second-order valence-electron chi connectivity index (χ2n) is 21.9. The summed E-state index contributed by atoms with van der Waals surface area (Å²) in [6, 6.07) is 90.3. The van der Waals surface area contributed by atoms with Crippen LogP contribution in [0.3, 0.4) is 0 Å². The summed E-state index contributed by atoms with van der Waals surface area (Å²) < 4.78 is 2.53. The van der Waals surface area contributed by atoms with Gasteiger partial charge < -0.3 is 4.57 Å². The smallest absolute Gasteiger partial charge is 0.160 e. The average molecular weight is 966 g/mol. The molecule has 0 fully saturated rings. The molecule has 3 heteroatoms. The first-order valence-electron chi connectivity index (χ1n) is 26.1. The van der Waals surface area contributed by atoms with Crippen LogP contribution in [0, 0.1) is 0 Å². The lowest BCUT2D eigenvalue weighted by Gasteiger charge is -2.22. The van der Waals surface area contributed by atoms with E-state index in [9.17, 15) is 0 Å². The molecule has 0 aliphatic carbocycles. The number of nitrogens with zero attached hydrogens (tertiary/aromatic N) is 3. The summed E-state index contributed by atoms with van der Waals surface area (Å²) in [5.41, 5.74) is 22.0. The molecule has 0 bridgehead atoms. The first-order valence-corrected chi connectivity index (χ1v) is 26.1. The van der Waals surface area contributed by atoms with Crippen LogP contribution in [-0.2, 0) is 10.8 Å². The third-order valence-electron chi connectivity index (χ3n) is 14.7. The number of benzene rings is 10. The lowest BCUT2D eigenvalue weighted by atomic mass is 9.85. The molecule has 0 aliphatic heterocycles. The van der Waals surface area contributed by atoms with E-state index in [-0.39, 0.29) is 10.8 Å². The first-order chi connectivity index (χ1) is 36.4. The van der Waals surface area contributed by atoms with Crippen LogP contribution in [-0.4, -0.2) is 14.5 Å². The number of rotatable bonds is 9. The van der Waals surface area contributed by atoms with Gasteiger partial charge in [0.25, 0.3) is 0 Å². The molecule has 0 aliphatic rings. The molecule has 0 saturated heterocycles. The molecule has 0 atom stereocenters. The second kappa shape index (κ2) is 19.2. The zero-order valence-electron chi connectivity index (χ0n) is 43.5. The van der Waals surface area contributed by atoms with Gasteiger partial charge in [-0.25, -0.2) is 9.97 Å². The normalized spacial score (nSPS) is 11.9. The van der Waals surface area contributed by atoms with Crippen molar-refractivity contribution in [2.45, 2.75) is 52.4 Å². The third kappa shape index (κ3) is 9.28. The minimum atomic E-state index is -0.0263. The van der Waals surface area contributed by atoms with E-state index in [1.165, 1.54) is 38.5 Å². The number of aromatic nitrogens is 3. The van der Waals surface area contributed by atoms with Gasteiger partial charge in [-0.15, -0.1) is 0 Å². The Hall–Kier alpha value is -8.92. The van der Waals surface area contributed by atoms with Crippen LogP contribution in [0.25, 0.3) is 117 Å². The number of hydrogen-bond acceptors (Lipinski definition) is 2. The van der Waals surface area contributed by atoms with E-state index < -0.39 is 0 Å². The average Bonchev–Trinajstić information content (AvgIpc) is 3.78. The summed E-state index contributed by atoms with van der Waals surface area (Å²) in [5.74, 6) is 0.659. The van der Waals surface area contributed by atoms with Crippen molar-refractivity contribution >= 4 is 21.8 Å². The SMILES string of the molecule is CC(C)(C)c1ccc2c(c1)c1cc(C(C)(C)C)ccc1n2-c1c(-c2ccccc2)cc(-c2cc(-c3cc(-c4ccccc4)cc(-c4ccccc4)c3)nc(-c3ccc(-c4ccccc4)cc3)n2)cc1-c1ccccc1. The monoisotopic (exact) mass is 965 g/mol. The fourth-order valence-electron chi connectivity index (χ4n) is 10.6. The van der Waals surface area contributed by atoms with E-state index in [2.05, 4.69) is 295 Å². The summed E-state index contributed by atoms with van der Waals surface area (Å²) >= 11 is 0. The van der Waals surface area contributed by atoms with Crippen molar-refractivity contribution in [3.05, 3.63) is 260 Å². The van der Waals surface area contributed by atoms with Crippen molar-refractivity contribution in [1.29, 1.82) is 0 Å². The Morgan fingerprint density at radius 2 is 0.613 bits per heavy atom. The van der Waals surface area contributed by atoms with Gasteiger partial charge in [0.2, 0.25) is 0 Å². The van der Waals surface area contributed by atoms with Gasteiger partial charge in [0.15, 0.2) is 5.82 Å². The fraction of sp³-hybridized carbons (Fsp3) is 0.111. The van der Waals surface area contributed by atoms with Crippen molar-refractivity contribution in [3.8, 4) is 95.2 Å². The van der Waals surface area contributed by atoms with E-state index in [0.29, 0.717) is 5.82 Å². The molecule has 0 amide bonds. The van der Waals surface area contributed by atoms with Crippen LogP contribution in [0.2, 0.25) is 0 Å². The van der Waals surface area contributed by atoms with E-state index in [1.54, 1.807) is 0 Å².